The lowest BCUT2D eigenvalue weighted by molar-refractivity contribution is 0.184. The molecule has 2 heterocycles. The van der Waals surface area contributed by atoms with E-state index in [-0.39, 0.29) is 6.04 Å². The molecular weight excluding hydrogens is 248 g/mol. The summed E-state index contributed by atoms with van der Waals surface area (Å²) < 4.78 is 2.34. The highest BCUT2D eigenvalue weighted by atomic mass is 15.2. The van der Waals surface area contributed by atoms with Crippen molar-refractivity contribution in [3.63, 3.8) is 0 Å². The van der Waals surface area contributed by atoms with Crippen LogP contribution in [0.4, 0.5) is 0 Å². The Morgan fingerprint density at radius 3 is 2.65 bits per heavy atom. The van der Waals surface area contributed by atoms with Crippen molar-refractivity contribution in [1.82, 2.24) is 14.5 Å². The molecule has 0 aromatic carbocycles. The van der Waals surface area contributed by atoms with E-state index in [0.29, 0.717) is 12.0 Å². The first kappa shape index (κ1) is 15.5. The van der Waals surface area contributed by atoms with Crippen molar-refractivity contribution in [2.45, 2.75) is 58.5 Å². The average molecular weight is 278 g/mol. The Bertz CT molecular complexity index is 391. The first-order valence-electron chi connectivity index (χ1n) is 8.11. The van der Waals surface area contributed by atoms with Crippen LogP contribution < -0.4 is 5.73 Å². The molecule has 0 saturated carbocycles. The maximum Gasteiger partial charge on any atom is 0.0951 e. The molecule has 1 aliphatic rings. The lowest BCUT2D eigenvalue weighted by atomic mass is 10.00. The van der Waals surface area contributed by atoms with Crippen LogP contribution in [-0.4, -0.2) is 34.1 Å². The highest BCUT2D eigenvalue weighted by Crippen LogP contribution is 2.27. The first-order valence-corrected chi connectivity index (χ1v) is 8.11. The molecule has 4 heteroatoms. The minimum Gasteiger partial charge on any atom is -0.330 e. The van der Waals surface area contributed by atoms with Gasteiger partial charge in [0.05, 0.1) is 12.0 Å². The molecule has 0 amide bonds. The Morgan fingerprint density at radius 1 is 1.35 bits per heavy atom. The monoisotopic (exact) mass is 278 g/mol. The molecular formula is C16H30N4. The summed E-state index contributed by atoms with van der Waals surface area (Å²) in [6.45, 7) is 10.3. The predicted octanol–water partition coefficient (Wildman–Crippen LogP) is 2.98. The summed E-state index contributed by atoms with van der Waals surface area (Å²) in [5.41, 5.74) is 7.57. The molecule has 1 aromatic rings. The number of nitrogens with two attached hydrogens (primary N) is 1. The fourth-order valence-corrected chi connectivity index (χ4v) is 3.27. The maximum absolute atomic E-state index is 6.35. The van der Waals surface area contributed by atoms with Crippen molar-refractivity contribution >= 4 is 0 Å². The molecule has 0 aliphatic carbocycles. The highest BCUT2D eigenvalue weighted by molar-refractivity contribution is 5.07. The molecule has 1 aliphatic heterocycles. The second kappa shape index (κ2) is 7.23. The van der Waals surface area contributed by atoms with Gasteiger partial charge in [-0.25, -0.2) is 4.98 Å². The van der Waals surface area contributed by atoms with Gasteiger partial charge in [-0.1, -0.05) is 20.8 Å². The minimum absolute atomic E-state index is 0.117. The summed E-state index contributed by atoms with van der Waals surface area (Å²) in [7, 11) is 0. The van der Waals surface area contributed by atoms with Crippen molar-refractivity contribution in [3.05, 3.63) is 18.2 Å². The van der Waals surface area contributed by atoms with Gasteiger partial charge in [0.2, 0.25) is 0 Å². The number of imidazole rings is 1. The third-order valence-electron chi connectivity index (χ3n) is 4.29. The van der Waals surface area contributed by atoms with Crippen LogP contribution in [0.3, 0.4) is 0 Å². The normalized spacial score (nSPS) is 19.6. The Morgan fingerprint density at radius 2 is 2.05 bits per heavy atom. The van der Waals surface area contributed by atoms with Crippen molar-refractivity contribution in [2.24, 2.45) is 11.7 Å². The van der Waals surface area contributed by atoms with Gasteiger partial charge in [-0.3, -0.25) is 0 Å². The average Bonchev–Trinajstić information content (AvgIpc) is 2.88. The van der Waals surface area contributed by atoms with E-state index < -0.39 is 0 Å². The Kier molecular flexibility index (Phi) is 5.61. The Balaban J connectivity index is 1.98. The van der Waals surface area contributed by atoms with Crippen LogP contribution >= 0.6 is 0 Å². The second-order valence-electron chi connectivity index (χ2n) is 6.53. The molecule has 0 radical (unpaired) electrons. The number of aromatic nitrogens is 2. The van der Waals surface area contributed by atoms with Crippen LogP contribution in [0.2, 0.25) is 0 Å². The van der Waals surface area contributed by atoms with E-state index in [4.69, 9.17) is 5.73 Å². The number of nitrogens with zero attached hydrogens (tertiary/aromatic N) is 3. The second-order valence-corrected chi connectivity index (χ2v) is 6.53. The quantitative estimate of drug-likeness (QED) is 0.870. The molecule has 1 saturated heterocycles. The van der Waals surface area contributed by atoms with Gasteiger partial charge < -0.3 is 15.2 Å². The molecule has 2 rings (SSSR count). The number of piperidine rings is 1. The first-order chi connectivity index (χ1) is 9.61. The number of likely N-dealkylation sites (tertiary alicyclic amines) is 1. The van der Waals surface area contributed by atoms with Gasteiger partial charge in [-0.2, -0.15) is 0 Å². The predicted molar refractivity (Wildman–Crippen MR) is 83.6 cm³/mol. The molecule has 1 fully saturated rings. The van der Waals surface area contributed by atoms with Gasteiger partial charge in [0, 0.05) is 31.4 Å². The number of hydrogen-bond acceptors (Lipinski definition) is 3. The summed E-state index contributed by atoms with van der Waals surface area (Å²) in [6, 6.07) is 0.699. The Labute approximate surface area is 123 Å². The fraction of sp³-hybridized carbons (Fsp3) is 0.812. The van der Waals surface area contributed by atoms with E-state index in [1.165, 1.54) is 44.6 Å². The number of rotatable bonds is 6. The summed E-state index contributed by atoms with van der Waals surface area (Å²) in [6.07, 6.45) is 8.66. The van der Waals surface area contributed by atoms with E-state index in [9.17, 15) is 0 Å². The van der Waals surface area contributed by atoms with Crippen LogP contribution in [0.5, 0.6) is 0 Å². The third kappa shape index (κ3) is 3.83. The van der Waals surface area contributed by atoms with Crippen molar-refractivity contribution in [1.29, 1.82) is 0 Å². The van der Waals surface area contributed by atoms with Crippen LogP contribution in [0, 0.1) is 5.92 Å². The fourth-order valence-electron chi connectivity index (χ4n) is 3.27. The van der Waals surface area contributed by atoms with Gasteiger partial charge in [0.25, 0.3) is 0 Å². The summed E-state index contributed by atoms with van der Waals surface area (Å²) >= 11 is 0. The molecule has 1 unspecified atom stereocenters. The summed E-state index contributed by atoms with van der Waals surface area (Å²) in [5.74, 6) is 0.625. The topological polar surface area (TPSA) is 47.1 Å². The van der Waals surface area contributed by atoms with Crippen LogP contribution in [0.25, 0.3) is 0 Å². The summed E-state index contributed by atoms with van der Waals surface area (Å²) in [5, 5.41) is 0. The van der Waals surface area contributed by atoms with E-state index in [1.54, 1.807) is 0 Å². The van der Waals surface area contributed by atoms with Gasteiger partial charge >= 0.3 is 0 Å². The third-order valence-corrected chi connectivity index (χ3v) is 4.29. The smallest absolute Gasteiger partial charge is 0.0951 e. The zero-order chi connectivity index (χ0) is 14.5. The van der Waals surface area contributed by atoms with Crippen molar-refractivity contribution in [2.75, 3.05) is 19.6 Å². The van der Waals surface area contributed by atoms with Gasteiger partial charge in [-0.15, -0.1) is 0 Å². The molecule has 0 bridgehead atoms. The molecule has 1 atom stereocenters. The molecule has 4 nitrogen and oxygen atoms in total. The zero-order valence-corrected chi connectivity index (χ0v) is 13.3. The molecule has 2 N–H and O–H groups in total. The van der Waals surface area contributed by atoms with Crippen molar-refractivity contribution in [3.8, 4) is 0 Å². The Hall–Kier alpha value is -0.870. The van der Waals surface area contributed by atoms with Gasteiger partial charge in [-0.05, 0) is 38.1 Å². The molecule has 0 spiro atoms. The lowest BCUT2D eigenvalue weighted by Crippen LogP contribution is -2.35. The highest BCUT2D eigenvalue weighted by Gasteiger charge is 2.23. The van der Waals surface area contributed by atoms with Gasteiger partial charge in [0.1, 0.15) is 0 Å². The van der Waals surface area contributed by atoms with E-state index >= 15 is 0 Å². The molecule has 114 valence electrons. The van der Waals surface area contributed by atoms with E-state index in [2.05, 4.69) is 35.2 Å². The molecule has 1 aromatic heterocycles. The van der Waals surface area contributed by atoms with E-state index in [0.717, 1.165) is 6.42 Å². The van der Waals surface area contributed by atoms with Crippen LogP contribution in [0.15, 0.2) is 12.5 Å². The SMILES string of the molecule is CCCN1CCC(n2cncc2C(N)CC(C)C)CC1. The number of hydrogen-bond donors (Lipinski definition) is 1. The maximum atomic E-state index is 6.35. The minimum atomic E-state index is 0.117. The molecule has 20 heavy (non-hydrogen) atoms. The largest absolute Gasteiger partial charge is 0.330 e. The van der Waals surface area contributed by atoms with E-state index in [1.807, 2.05) is 12.5 Å². The van der Waals surface area contributed by atoms with Crippen molar-refractivity contribution < 1.29 is 0 Å². The standard InChI is InChI=1S/C16H30N4/c1-4-7-19-8-5-14(6-9-19)20-12-18-11-16(20)15(17)10-13(2)3/h11-15H,4-10,17H2,1-3H3. The van der Waals surface area contributed by atoms with Gasteiger partial charge in [0.15, 0.2) is 0 Å². The van der Waals surface area contributed by atoms with Crippen LogP contribution in [-0.2, 0) is 0 Å². The summed E-state index contributed by atoms with van der Waals surface area (Å²) in [4.78, 5) is 6.92. The van der Waals surface area contributed by atoms with Crippen LogP contribution in [0.1, 0.15) is 64.2 Å². The zero-order valence-electron chi connectivity index (χ0n) is 13.3. The lowest BCUT2D eigenvalue weighted by Gasteiger charge is -2.33.